The standard InChI is InChI=1S/C15H28N4O2.2ClH/c1-2-17-13(20)12-18-8-10-19(11-9-18)14(21)15(16)6-4-3-5-7-15;;/h2-12,16H2,1H3,(H,17,20);2*1H. The number of nitrogens with two attached hydrogens (primary N) is 1. The van der Waals surface area contributed by atoms with E-state index in [1.807, 2.05) is 11.8 Å². The Kier molecular flexibility index (Phi) is 10.1. The van der Waals surface area contributed by atoms with Crippen LogP contribution in [-0.4, -0.2) is 66.4 Å². The minimum atomic E-state index is -0.639. The minimum absolute atomic E-state index is 0. The van der Waals surface area contributed by atoms with Crippen LogP contribution in [0.25, 0.3) is 0 Å². The molecule has 0 aromatic carbocycles. The largest absolute Gasteiger partial charge is 0.355 e. The van der Waals surface area contributed by atoms with E-state index in [1.165, 1.54) is 6.42 Å². The Hall–Kier alpha value is -0.560. The van der Waals surface area contributed by atoms with Gasteiger partial charge < -0.3 is 16.0 Å². The summed E-state index contributed by atoms with van der Waals surface area (Å²) in [6.45, 7) is 5.85. The molecule has 0 aromatic heterocycles. The highest BCUT2D eigenvalue weighted by molar-refractivity contribution is 5.86. The van der Waals surface area contributed by atoms with Crippen LogP contribution in [0.2, 0.25) is 0 Å². The van der Waals surface area contributed by atoms with E-state index in [2.05, 4.69) is 10.2 Å². The van der Waals surface area contributed by atoms with Gasteiger partial charge in [0, 0.05) is 32.7 Å². The van der Waals surface area contributed by atoms with Crippen LogP contribution in [0.4, 0.5) is 0 Å². The van der Waals surface area contributed by atoms with Gasteiger partial charge in [-0.05, 0) is 19.8 Å². The van der Waals surface area contributed by atoms with Crippen LogP contribution in [0.15, 0.2) is 0 Å². The van der Waals surface area contributed by atoms with Gasteiger partial charge >= 0.3 is 0 Å². The lowest BCUT2D eigenvalue weighted by Crippen LogP contribution is -2.60. The molecule has 3 N–H and O–H groups in total. The summed E-state index contributed by atoms with van der Waals surface area (Å²) in [5, 5.41) is 2.80. The van der Waals surface area contributed by atoms with Crippen molar-refractivity contribution in [1.82, 2.24) is 15.1 Å². The van der Waals surface area contributed by atoms with Crippen molar-refractivity contribution in [1.29, 1.82) is 0 Å². The number of nitrogens with zero attached hydrogens (tertiary/aromatic N) is 2. The van der Waals surface area contributed by atoms with Gasteiger partial charge in [0.25, 0.3) is 0 Å². The summed E-state index contributed by atoms with van der Waals surface area (Å²) < 4.78 is 0. The highest BCUT2D eigenvalue weighted by atomic mass is 35.5. The van der Waals surface area contributed by atoms with Gasteiger partial charge in [-0.15, -0.1) is 24.8 Å². The van der Waals surface area contributed by atoms with Crippen LogP contribution in [0, 0.1) is 0 Å². The van der Waals surface area contributed by atoms with E-state index in [0.717, 1.165) is 38.8 Å². The molecule has 6 nitrogen and oxygen atoms in total. The van der Waals surface area contributed by atoms with Gasteiger partial charge in [0.2, 0.25) is 11.8 Å². The van der Waals surface area contributed by atoms with Gasteiger partial charge in [0.05, 0.1) is 12.1 Å². The predicted octanol–water partition coefficient (Wildman–Crippen LogP) is 0.772. The zero-order valence-electron chi connectivity index (χ0n) is 13.9. The molecule has 23 heavy (non-hydrogen) atoms. The number of carbonyl (C=O) groups excluding carboxylic acids is 2. The monoisotopic (exact) mass is 368 g/mol. The molecule has 0 atom stereocenters. The fourth-order valence-corrected chi connectivity index (χ4v) is 3.28. The van der Waals surface area contributed by atoms with E-state index in [9.17, 15) is 9.59 Å². The van der Waals surface area contributed by atoms with Gasteiger partial charge in [-0.25, -0.2) is 0 Å². The first kappa shape index (κ1) is 22.4. The molecule has 1 saturated carbocycles. The molecule has 2 fully saturated rings. The molecule has 2 aliphatic rings. The molecule has 1 heterocycles. The van der Waals surface area contributed by atoms with E-state index in [0.29, 0.717) is 26.2 Å². The first-order valence-corrected chi connectivity index (χ1v) is 8.12. The lowest BCUT2D eigenvalue weighted by Gasteiger charge is -2.40. The lowest BCUT2D eigenvalue weighted by molar-refractivity contribution is -0.140. The molecule has 1 saturated heterocycles. The third-order valence-corrected chi connectivity index (χ3v) is 4.57. The second kappa shape index (κ2) is 10.3. The summed E-state index contributed by atoms with van der Waals surface area (Å²) in [7, 11) is 0. The Balaban J connectivity index is 0.00000242. The lowest BCUT2D eigenvalue weighted by atomic mass is 9.81. The first-order chi connectivity index (χ1) is 10.0. The number of likely N-dealkylation sites (N-methyl/N-ethyl adjacent to an activating group) is 1. The maximum Gasteiger partial charge on any atom is 0.242 e. The number of rotatable bonds is 4. The summed E-state index contributed by atoms with van der Waals surface area (Å²) in [5.41, 5.74) is 5.68. The summed E-state index contributed by atoms with van der Waals surface area (Å²) in [6.07, 6.45) is 4.92. The summed E-state index contributed by atoms with van der Waals surface area (Å²) in [5.74, 6) is 0.166. The Morgan fingerprint density at radius 2 is 1.61 bits per heavy atom. The summed E-state index contributed by atoms with van der Waals surface area (Å²) in [6, 6.07) is 0. The molecule has 0 spiro atoms. The highest BCUT2D eigenvalue weighted by Gasteiger charge is 2.39. The van der Waals surface area contributed by atoms with E-state index in [-0.39, 0.29) is 36.6 Å². The molecule has 136 valence electrons. The van der Waals surface area contributed by atoms with Gasteiger partial charge in [0.1, 0.15) is 0 Å². The topological polar surface area (TPSA) is 78.7 Å². The quantitative estimate of drug-likeness (QED) is 0.768. The van der Waals surface area contributed by atoms with E-state index >= 15 is 0 Å². The van der Waals surface area contributed by atoms with Crippen molar-refractivity contribution in [3.05, 3.63) is 0 Å². The normalized spacial score (nSPS) is 20.9. The predicted molar refractivity (Wildman–Crippen MR) is 96.2 cm³/mol. The first-order valence-electron chi connectivity index (χ1n) is 8.12. The molecular formula is C15H30Cl2N4O2. The number of piperazine rings is 1. The zero-order valence-corrected chi connectivity index (χ0v) is 15.5. The fourth-order valence-electron chi connectivity index (χ4n) is 3.28. The molecule has 0 radical (unpaired) electrons. The van der Waals surface area contributed by atoms with Gasteiger partial charge in [0.15, 0.2) is 0 Å². The third-order valence-electron chi connectivity index (χ3n) is 4.57. The molecule has 0 aromatic rings. The van der Waals surface area contributed by atoms with Crippen molar-refractivity contribution in [2.45, 2.75) is 44.6 Å². The van der Waals surface area contributed by atoms with Crippen molar-refractivity contribution < 1.29 is 9.59 Å². The number of hydrogen-bond donors (Lipinski definition) is 2. The number of nitrogens with one attached hydrogen (secondary N) is 1. The minimum Gasteiger partial charge on any atom is -0.355 e. The molecule has 2 rings (SSSR count). The van der Waals surface area contributed by atoms with Gasteiger partial charge in [-0.1, -0.05) is 19.3 Å². The fraction of sp³-hybridized carbons (Fsp3) is 0.867. The summed E-state index contributed by atoms with van der Waals surface area (Å²) >= 11 is 0. The Morgan fingerprint density at radius 1 is 1.04 bits per heavy atom. The van der Waals surface area contributed by atoms with Crippen molar-refractivity contribution in [3.8, 4) is 0 Å². The number of carbonyl (C=O) groups is 2. The smallest absolute Gasteiger partial charge is 0.242 e. The average Bonchev–Trinajstić information content (AvgIpc) is 2.48. The van der Waals surface area contributed by atoms with E-state index < -0.39 is 5.54 Å². The van der Waals surface area contributed by atoms with E-state index in [4.69, 9.17) is 5.73 Å². The SMILES string of the molecule is CCNC(=O)CN1CCN(C(=O)C2(N)CCCCC2)CC1.Cl.Cl. The third kappa shape index (κ3) is 6.10. The van der Waals surface area contributed by atoms with Crippen molar-refractivity contribution >= 4 is 36.6 Å². The maximum atomic E-state index is 12.6. The Morgan fingerprint density at radius 3 is 2.13 bits per heavy atom. The molecule has 1 aliphatic carbocycles. The second-order valence-corrected chi connectivity index (χ2v) is 6.24. The van der Waals surface area contributed by atoms with Gasteiger partial charge in [-0.2, -0.15) is 0 Å². The molecule has 0 unspecified atom stereocenters. The molecule has 1 aliphatic heterocycles. The number of halogens is 2. The van der Waals surface area contributed by atoms with Crippen LogP contribution >= 0.6 is 24.8 Å². The Labute approximate surface area is 151 Å². The molecule has 0 bridgehead atoms. The number of amides is 2. The van der Waals surface area contributed by atoms with Crippen molar-refractivity contribution in [2.24, 2.45) is 5.73 Å². The number of hydrogen-bond acceptors (Lipinski definition) is 4. The zero-order chi connectivity index (χ0) is 15.3. The van der Waals surface area contributed by atoms with Crippen LogP contribution in [-0.2, 0) is 9.59 Å². The van der Waals surface area contributed by atoms with Crippen molar-refractivity contribution in [3.63, 3.8) is 0 Å². The summed E-state index contributed by atoms with van der Waals surface area (Å²) in [4.78, 5) is 28.2. The Bertz CT molecular complexity index is 382. The molecule has 8 heteroatoms. The maximum absolute atomic E-state index is 12.6. The van der Waals surface area contributed by atoms with Gasteiger partial charge in [-0.3, -0.25) is 14.5 Å². The van der Waals surface area contributed by atoms with Crippen LogP contribution in [0.3, 0.4) is 0 Å². The average molecular weight is 369 g/mol. The molecule has 2 amide bonds. The van der Waals surface area contributed by atoms with Crippen LogP contribution < -0.4 is 11.1 Å². The van der Waals surface area contributed by atoms with Crippen molar-refractivity contribution in [2.75, 3.05) is 39.3 Å². The highest BCUT2D eigenvalue weighted by Crippen LogP contribution is 2.28. The van der Waals surface area contributed by atoms with E-state index in [1.54, 1.807) is 0 Å². The molecular weight excluding hydrogens is 339 g/mol. The second-order valence-electron chi connectivity index (χ2n) is 6.24. The van der Waals surface area contributed by atoms with Crippen LogP contribution in [0.5, 0.6) is 0 Å². The van der Waals surface area contributed by atoms with Crippen LogP contribution in [0.1, 0.15) is 39.0 Å².